The molecule has 0 amide bonds. The summed E-state index contributed by atoms with van der Waals surface area (Å²) in [4.78, 5) is 45.4. The number of aryl methyl sites for hydroxylation is 1. The van der Waals surface area contributed by atoms with Gasteiger partial charge in [0.15, 0.2) is 28.5 Å². The summed E-state index contributed by atoms with van der Waals surface area (Å²) < 4.78 is 13.6. The molecule has 0 aliphatic heterocycles. The largest absolute Gasteiger partial charge is 0.493 e. The van der Waals surface area contributed by atoms with Crippen LogP contribution in [0.2, 0.25) is 0 Å². The van der Waals surface area contributed by atoms with Crippen LogP contribution < -0.4 is 20.7 Å². The number of imidazole rings is 1. The maximum absolute atomic E-state index is 12.9. The molecule has 2 fully saturated rings. The lowest BCUT2D eigenvalue weighted by Crippen LogP contribution is -2.39. The third-order valence-electron chi connectivity index (χ3n) is 5.79. The molecule has 2 aromatic heterocycles. The first-order chi connectivity index (χ1) is 17.0. The minimum absolute atomic E-state index is 0.0183. The Bertz CT molecular complexity index is 1430. The van der Waals surface area contributed by atoms with Crippen LogP contribution in [0.4, 0.5) is 0 Å². The van der Waals surface area contributed by atoms with Crippen LogP contribution >= 0.6 is 0 Å². The average Bonchev–Trinajstić information content (AvgIpc) is 3.78. The first-order valence-electron chi connectivity index (χ1n) is 12.1. The highest BCUT2D eigenvalue weighted by Crippen LogP contribution is 2.36. The number of fused-ring (bicyclic) bond motifs is 1. The van der Waals surface area contributed by atoms with Gasteiger partial charge in [-0.05, 0) is 56.2 Å². The van der Waals surface area contributed by atoms with Crippen LogP contribution in [-0.2, 0) is 4.79 Å². The molecule has 5 rings (SSSR count). The number of esters is 1. The number of aromatic nitrogens is 4. The van der Waals surface area contributed by atoms with Crippen LogP contribution in [0.15, 0.2) is 27.8 Å². The number of carbonyl (C=O) groups is 1. The fourth-order valence-electron chi connectivity index (χ4n) is 3.83. The summed E-state index contributed by atoms with van der Waals surface area (Å²) >= 11 is 0. The fraction of sp³-hybridized carbons (Fsp3) is 0.462. The second-order valence-corrected chi connectivity index (χ2v) is 8.50. The van der Waals surface area contributed by atoms with Gasteiger partial charge in [0.05, 0.1) is 13.5 Å². The average molecular weight is 479 g/mol. The smallest absolute Gasteiger partial charge is 0.333 e. The van der Waals surface area contributed by atoms with Crippen molar-refractivity contribution in [3.63, 3.8) is 0 Å². The minimum Gasteiger partial charge on any atom is -0.493 e. The molecule has 184 valence electrons. The number of hydrogen-bond acceptors (Lipinski definition) is 6. The van der Waals surface area contributed by atoms with Crippen LogP contribution in [0.5, 0.6) is 11.5 Å². The zero-order valence-corrected chi connectivity index (χ0v) is 20.5. The Labute approximate surface area is 203 Å². The van der Waals surface area contributed by atoms with E-state index in [-0.39, 0.29) is 36.2 Å². The monoisotopic (exact) mass is 478 g/mol. The summed E-state index contributed by atoms with van der Waals surface area (Å²) in [7, 11) is 1.52. The molecular formula is C26H30N4O5. The van der Waals surface area contributed by atoms with E-state index in [1.807, 2.05) is 26.8 Å². The molecule has 35 heavy (non-hydrogen) atoms. The number of methoxy groups -OCH3 is 1. The van der Waals surface area contributed by atoms with E-state index in [4.69, 9.17) is 9.47 Å². The Hall–Kier alpha value is -3.80. The molecule has 0 bridgehead atoms. The fourth-order valence-corrected chi connectivity index (χ4v) is 3.83. The molecule has 1 aromatic carbocycles. The minimum atomic E-state index is -0.423. The number of ether oxygens (including phenoxy) is 2. The molecule has 9 nitrogen and oxygen atoms in total. The molecular weight excluding hydrogens is 448 g/mol. The number of aromatic amines is 1. The Morgan fingerprint density at radius 1 is 1.11 bits per heavy atom. The van der Waals surface area contributed by atoms with Gasteiger partial charge in [-0.15, -0.1) is 0 Å². The molecule has 0 unspecified atom stereocenters. The van der Waals surface area contributed by atoms with E-state index < -0.39 is 5.97 Å². The van der Waals surface area contributed by atoms with Gasteiger partial charge >= 0.3 is 11.7 Å². The van der Waals surface area contributed by atoms with Gasteiger partial charge in [0.2, 0.25) is 0 Å². The number of benzene rings is 1. The van der Waals surface area contributed by atoms with Crippen molar-refractivity contribution in [1.82, 2.24) is 19.1 Å². The molecule has 2 saturated carbocycles. The van der Waals surface area contributed by atoms with Gasteiger partial charge in [0.1, 0.15) is 0 Å². The molecule has 0 atom stereocenters. The molecule has 2 aliphatic carbocycles. The standard InChI is InChI=1S/C24H24N4O5.C2H6/c1-14-7-12-17(32-2)18(13-14)33-20(29)6-4-3-5-19-25-21-22(26-19)27(15-8-9-15)24(31)28(23(21)30)16-10-11-16;1-2/h7,12-13,15-16H,4,6,8-11H2,1-2H3,(H,25,26);1-2H3. The van der Waals surface area contributed by atoms with E-state index in [9.17, 15) is 14.4 Å². The van der Waals surface area contributed by atoms with E-state index in [2.05, 4.69) is 21.8 Å². The zero-order chi connectivity index (χ0) is 25.1. The van der Waals surface area contributed by atoms with Gasteiger partial charge in [0.25, 0.3) is 5.56 Å². The van der Waals surface area contributed by atoms with Crippen molar-refractivity contribution in [3.8, 4) is 23.3 Å². The van der Waals surface area contributed by atoms with Gasteiger partial charge in [-0.25, -0.2) is 9.78 Å². The molecule has 2 heterocycles. The summed E-state index contributed by atoms with van der Waals surface area (Å²) in [6.45, 7) is 5.90. The molecule has 9 heteroatoms. The summed E-state index contributed by atoms with van der Waals surface area (Å²) in [6, 6.07) is 5.43. The van der Waals surface area contributed by atoms with Crippen molar-refractivity contribution in [2.75, 3.05) is 7.11 Å². The van der Waals surface area contributed by atoms with Crippen LogP contribution in [0.3, 0.4) is 0 Å². The van der Waals surface area contributed by atoms with E-state index in [1.165, 1.54) is 11.7 Å². The van der Waals surface area contributed by atoms with E-state index >= 15 is 0 Å². The lowest BCUT2D eigenvalue weighted by molar-refractivity contribution is -0.134. The molecule has 0 spiro atoms. The van der Waals surface area contributed by atoms with Gasteiger partial charge < -0.3 is 14.5 Å². The second-order valence-electron chi connectivity index (χ2n) is 8.50. The third kappa shape index (κ3) is 5.16. The van der Waals surface area contributed by atoms with Crippen molar-refractivity contribution in [1.29, 1.82) is 0 Å². The van der Waals surface area contributed by atoms with Crippen LogP contribution in [-0.4, -0.2) is 32.2 Å². The summed E-state index contributed by atoms with van der Waals surface area (Å²) in [5, 5.41) is 0. The summed E-state index contributed by atoms with van der Waals surface area (Å²) in [6.07, 6.45) is 3.84. The van der Waals surface area contributed by atoms with Gasteiger partial charge in [-0.3, -0.25) is 18.7 Å². The number of H-pyrrole nitrogens is 1. The van der Waals surface area contributed by atoms with E-state index in [1.54, 1.807) is 16.7 Å². The Morgan fingerprint density at radius 2 is 1.80 bits per heavy atom. The number of nitrogens with one attached hydrogen (secondary N) is 1. The highest BCUT2D eigenvalue weighted by atomic mass is 16.6. The van der Waals surface area contributed by atoms with Gasteiger partial charge in [0, 0.05) is 18.5 Å². The Morgan fingerprint density at radius 3 is 2.46 bits per heavy atom. The van der Waals surface area contributed by atoms with Gasteiger partial charge in [-0.2, -0.15) is 0 Å². The lowest BCUT2D eigenvalue weighted by Gasteiger charge is -2.09. The number of hydrogen-bond donors (Lipinski definition) is 1. The Kier molecular flexibility index (Phi) is 7.10. The summed E-state index contributed by atoms with van der Waals surface area (Å²) in [5.74, 6) is 6.51. The van der Waals surface area contributed by atoms with Crippen molar-refractivity contribution in [3.05, 3.63) is 50.4 Å². The van der Waals surface area contributed by atoms with Crippen LogP contribution in [0.25, 0.3) is 11.2 Å². The number of carbonyl (C=O) groups excluding carboxylic acids is 1. The van der Waals surface area contributed by atoms with Crippen molar-refractivity contribution in [2.24, 2.45) is 0 Å². The molecule has 0 saturated heterocycles. The normalized spacial score (nSPS) is 14.5. The summed E-state index contributed by atoms with van der Waals surface area (Å²) in [5.41, 5.74) is 1.00. The lowest BCUT2D eigenvalue weighted by atomic mass is 10.2. The van der Waals surface area contributed by atoms with Gasteiger partial charge in [-0.1, -0.05) is 25.8 Å². The maximum Gasteiger partial charge on any atom is 0.333 e. The van der Waals surface area contributed by atoms with Crippen LogP contribution in [0, 0.1) is 18.8 Å². The quantitative estimate of drug-likeness (QED) is 0.329. The first kappa shape index (κ1) is 24.3. The van der Waals surface area contributed by atoms with Crippen molar-refractivity contribution in [2.45, 2.75) is 71.4 Å². The number of nitrogens with zero attached hydrogens (tertiary/aromatic N) is 3. The SMILES string of the molecule is CC.COc1ccc(C)cc1OC(=O)CCC#Cc1nc2c([nH]1)c(=O)n(C1CC1)c(=O)n2C1CC1. The molecule has 3 aromatic rings. The molecule has 2 aliphatic rings. The first-order valence-corrected chi connectivity index (χ1v) is 12.1. The predicted molar refractivity (Wildman–Crippen MR) is 132 cm³/mol. The predicted octanol–water partition coefficient (Wildman–Crippen LogP) is 3.64. The highest BCUT2D eigenvalue weighted by molar-refractivity contribution is 5.74. The maximum atomic E-state index is 12.9. The Balaban J connectivity index is 0.00000141. The topological polar surface area (TPSA) is 108 Å². The molecule has 0 radical (unpaired) electrons. The zero-order valence-electron chi connectivity index (χ0n) is 20.5. The van der Waals surface area contributed by atoms with E-state index in [0.29, 0.717) is 28.5 Å². The second kappa shape index (κ2) is 10.2. The van der Waals surface area contributed by atoms with Crippen molar-refractivity contribution >= 4 is 17.1 Å². The highest BCUT2D eigenvalue weighted by Gasteiger charge is 2.34. The molecule has 1 N–H and O–H groups in total. The van der Waals surface area contributed by atoms with Crippen LogP contribution in [0.1, 0.15) is 75.8 Å². The third-order valence-corrected chi connectivity index (χ3v) is 5.79. The number of rotatable bonds is 6. The van der Waals surface area contributed by atoms with Crippen molar-refractivity contribution < 1.29 is 14.3 Å². The van der Waals surface area contributed by atoms with E-state index in [0.717, 1.165) is 31.2 Å².